The average Bonchev–Trinajstić information content (AvgIpc) is 2.73. The number of nitrogens with zero attached hydrogens (tertiary/aromatic N) is 1. The van der Waals surface area contributed by atoms with Crippen LogP contribution in [0.3, 0.4) is 0 Å². The number of fused-ring (bicyclic) bond motifs is 1. The molecule has 0 spiro atoms. The van der Waals surface area contributed by atoms with Crippen LogP contribution in [0.25, 0.3) is 0 Å². The summed E-state index contributed by atoms with van der Waals surface area (Å²) in [6, 6.07) is 5.29. The number of aryl methyl sites for hydroxylation is 1. The summed E-state index contributed by atoms with van der Waals surface area (Å²) in [4.78, 5) is 4.52. The summed E-state index contributed by atoms with van der Waals surface area (Å²) in [7, 11) is 0. The maximum absolute atomic E-state index is 13.9. The van der Waals surface area contributed by atoms with Crippen LogP contribution in [0.5, 0.6) is 0 Å². The molecule has 20 heavy (non-hydrogen) atoms. The number of aliphatic imine (C=N–C) groups is 1. The van der Waals surface area contributed by atoms with Crippen molar-refractivity contribution in [1.29, 1.82) is 0 Å². The first-order valence-electron chi connectivity index (χ1n) is 6.47. The fraction of sp³-hybridized carbons (Fsp3) is 0.176. The number of hydrogen-bond acceptors (Lipinski definition) is 1. The summed E-state index contributed by atoms with van der Waals surface area (Å²) in [5.41, 5.74) is 7.35. The summed E-state index contributed by atoms with van der Waals surface area (Å²) in [6.07, 6.45) is 6.64. The SMILES string of the molecule is Cc1ccc(CC2=NC3=C=CC=CC(Cl)=C3C2)c(F)c1. The number of hydrogen-bond donors (Lipinski definition) is 0. The largest absolute Gasteiger partial charge is 0.248 e. The molecule has 1 aliphatic carbocycles. The molecule has 1 heterocycles. The molecule has 0 saturated carbocycles. The molecule has 3 heteroatoms. The molecule has 0 saturated heterocycles. The molecule has 0 unspecified atom stereocenters. The van der Waals surface area contributed by atoms with E-state index in [1.165, 1.54) is 0 Å². The Morgan fingerprint density at radius 3 is 3.05 bits per heavy atom. The van der Waals surface area contributed by atoms with Gasteiger partial charge in [-0.2, -0.15) is 0 Å². The second kappa shape index (κ2) is 5.24. The normalized spacial score (nSPS) is 16.9. The molecule has 1 aromatic rings. The monoisotopic (exact) mass is 285 g/mol. The van der Waals surface area contributed by atoms with Crippen LogP contribution in [0, 0.1) is 12.7 Å². The van der Waals surface area contributed by atoms with E-state index in [1.807, 2.05) is 31.2 Å². The van der Waals surface area contributed by atoms with Gasteiger partial charge in [-0.1, -0.05) is 35.5 Å². The van der Waals surface area contributed by atoms with E-state index in [2.05, 4.69) is 10.7 Å². The van der Waals surface area contributed by atoms with Crippen LogP contribution in [0.4, 0.5) is 4.39 Å². The highest BCUT2D eigenvalue weighted by molar-refractivity contribution is 6.32. The third kappa shape index (κ3) is 2.53. The molecule has 0 N–H and O–H groups in total. The van der Waals surface area contributed by atoms with E-state index < -0.39 is 0 Å². The molecular weight excluding hydrogens is 273 g/mol. The van der Waals surface area contributed by atoms with Gasteiger partial charge in [0.05, 0.1) is 0 Å². The van der Waals surface area contributed by atoms with Crippen molar-refractivity contribution in [2.45, 2.75) is 19.8 Å². The number of halogens is 2. The first kappa shape index (κ1) is 13.1. The smallest absolute Gasteiger partial charge is 0.127 e. The highest BCUT2D eigenvalue weighted by Gasteiger charge is 2.21. The number of rotatable bonds is 2. The Balaban J connectivity index is 1.89. The Morgan fingerprint density at radius 2 is 2.25 bits per heavy atom. The maximum atomic E-state index is 13.9. The molecule has 0 atom stereocenters. The van der Waals surface area contributed by atoms with Crippen molar-refractivity contribution in [3.05, 3.63) is 75.4 Å². The molecule has 1 aromatic carbocycles. The molecule has 0 amide bonds. The van der Waals surface area contributed by atoms with Crippen molar-refractivity contribution < 1.29 is 4.39 Å². The molecule has 0 fully saturated rings. The maximum Gasteiger partial charge on any atom is 0.127 e. The predicted octanol–water partition coefficient (Wildman–Crippen LogP) is 4.62. The Hall–Kier alpha value is -1.89. The highest BCUT2D eigenvalue weighted by Crippen LogP contribution is 2.31. The van der Waals surface area contributed by atoms with Crippen LogP contribution >= 0.6 is 11.6 Å². The molecule has 0 bridgehead atoms. The summed E-state index contributed by atoms with van der Waals surface area (Å²) >= 11 is 6.21. The molecule has 3 rings (SSSR count). The Bertz CT molecular complexity index is 731. The zero-order chi connectivity index (χ0) is 14.1. The van der Waals surface area contributed by atoms with E-state index in [0.29, 0.717) is 23.4 Å². The van der Waals surface area contributed by atoms with Crippen molar-refractivity contribution in [3.63, 3.8) is 0 Å². The summed E-state index contributed by atoms with van der Waals surface area (Å²) in [5, 5.41) is 0.685. The Morgan fingerprint density at radius 1 is 1.40 bits per heavy atom. The Labute approximate surface area is 122 Å². The summed E-state index contributed by atoms with van der Waals surface area (Å²) < 4.78 is 13.9. The molecule has 100 valence electrons. The van der Waals surface area contributed by atoms with Gasteiger partial charge in [-0.25, -0.2) is 9.38 Å². The van der Waals surface area contributed by atoms with Gasteiger partial charge in [0.2, 0.25) is 0 Å². The third-order valence-electron chi connectivity index (χ3n) is 3.39. The standard InChI is InChI=1S/C17H13ClFN/c1-11-6-7-12(16(19)8-11)9-13-10-14-15(18)4-2-3-5-17(14)20-13/h2-4,6-8H,9-10H2,1H3. The first-order chi connectivity index (χ1) is 9.63. The van der Waals surface area contributed by atoms with Gasteiger partial charge in [0.25, 0.3) is 0 Å². The molecular formula is C17H13ClFN. The Kier molecular flexibility index (Phi) is 3.43. The fourth-order valence-corrected chi connectivity index (χ4v) is 2.58. The van der Waals surface area contributed by atoms with Crippen LogP contribution in [-0.4, -0.2) is 5.71 Å². The van der Waals surface area contributed by atoms with Gasteiger partial charge in [-0.05, 0) is 36.3 Å². The highest BCUT2D eigenvalue weighted by atomic mass is 35.5. The van der Waals surface area contributed by atoms with Crippen molar-refractivity contribution in [3.8, 4) is 0 Å². The van der Waals surface area contributed by atoms with Crippen LogP contribution < -0.4 is 0 Å². The first-order valence-corrected chi connectivity index (χ1v) is 6.85. The van der Waals surface area contributed by atoms with Gasteiger partial charge < -0.3 is 0 Å². The van der Waals surface area contributed by atoms with Gasteiger partial charge in [0.1, 0.15) is 11.5 Å². The van der Waals surface area contributed by atoms with Gasteiger partial charge in [0, 0.05) is 29.2 Å². The lowest BCUT2D eigenvalue weighted by Gasteiger charge is -2.04. The number of benzene rings is 1. The van der Waals surface area contributed by atoms with Gasteiger partial charge in [-0.15, -0.1) is 0 Å². The molecule has 0 radical (unpaired) electrons. The lowest BCUT2D eigenvalue weighted by molar-refractivity contribution is 0.614. The van der Waals surface area contributed by atoms with Crippen molar-refractivity contribution in [1.82, 2.24) is 0 Å². The summed E-state index contributed by atoms with van der Waals surface area (Å²) in [5.74, 6) is -0.177. The second-order valence-corrected chi connectivity index (χ2v) is 5.38. The second-order valence-electron chi connectivity index (χ2n) is 4.97. The van der Waals surface area contributed by atoms with E-state index in [-0.39, 0.29) is 5.82 Å². The van der Waals surface area contributed by atoms with E-state index in [0.717, 1.165) is 22.5 Å². The minimum atomic E-state index is -0.177. The minimum absolute atomic E-state index is 0.177. The molecule has 2 aliphatic rings. The van der Waals surface area contributed by atoms with E-state index >= 15 is 0 Å². The summed E-state index contributed by atoms with van der Waals surface area (Å²) in [6.45, 7) is 1.88. The molecule has 1 aliphatic heterocycles. The van der Waals surface area contributed by atoms with E-state index in [4.69, 9.17) is 11.6 Å². The average molecular weight is 286 g/mol. The third-order valence-corrected chi connectivity index (χ3v) is 3.74. The number of allylic oxidation sites excluding steroid dienone is 4. The van der Waals surface area contributed by atoms with E-state index in [9.17, 15) is 4.39 Å². The van der Waals surface area contributed by atoms with Crippen molar-refractivity contribution in [2.24, 2.45) is 4.99 Å². The lowest BCUT2D eigenvalue weighted by Crippen LogP contribution is -2.02. The van der Waals surface area contributed by atoms with E-state index in [1.54, 1.807) is 12.1 Å². The zero-order valence-corrected chi connectivity index (χ0v) is 11.8. The van der Waals surface area contributed by atoms with Crippen LogP contribution in [0.1, 0.15) is 17.5 Å². The molecule has 0 aromatic heterocycles. The molecule has 1 nitrogen and oxygen atoms in total. The minimum Gasteiger partial charge on any atom is -0.248 e. The lowest BCUT2D eigenvalue weighted by atomic mass is 10.0. The van der Waals surface area contributed by atoms with Crippen LogP contribution in [0.15, 0.2) is 63.5 Å². The van der Waals surface area contributed by atoms with Gasteiger partial charge >= 0.3 is 0 Å². The van der Waals surface area contributed by atoms with Crippen LogP contribution in [-0.2, 0) is 6.42 Å². The quantitative estimate of drug-likeness (QED) is 0.703. The van der Waals surface area contributed by atoms with Crippen molar-refractivity contribution >= 4 is 17.3 Å². The zero-order valence-electron chi connectivity index (χ0n) is 11.1. The fourth-order valence-electron chi connectivity index (χ4n) is 2.35. The van der Waals surface area contributed by atoms with Gasteiger partial charge in [0.15, 0.2) is 0 Å². The van der Waals surface area contributed by atoms with Crippen molar-refractivity contribution in [2.75, 3.05) is 0 Å². The van der Waals surface area contributed by atoms with Gasteiger partial charge in [-0.3, -0.25) is 0 Å². The topological polar surface area (TPSA) is 12.4 Å². The predicted molar refractivity (Wildman–Crippen MR) is 80.5 cm³/mol. The van der Waals surface area contributed by atoms with Crippen LogP contribution in [0.2, 0.25) is 0 Å².